The molecule has 35 heavy (non-hydrogen) atoms. The highest BCUT2D eigenvalue weighted by molar-refractivity contribution is 7.81. The summed E-state index contributed by atoms with van der Waals surface area (Å²) in [6.45, 7) is 5.37. The fourth-order valence-corrected chi connectivity index (χ4v) is 3.41. The number of hydrogen-bond donors (Lipinski definition) is 6. The van der Waals surface area contributed by atoms with Gasteiger partial charge in [-0.1, -0.05) is 43.1 Å². The van der Waals surface area contributed by atoms with Gasteiger partial charge in [0.15, 0.2) is 0 Å². The number of nitrogens with two attached hydrogens (primary N) is 1. The van der Waals surface area contributed by atoms with Crippen LogP contribution in [0.2, 0.25) is 0 Å². The first-order chi connectivity index (χ1) is 16.5. The number of rotatable bonds is 12. The molecule has 190 valence electrons. The quantitative estimate of drug-likeness (QED) is 0.242. The molecule has 3 unspecified atom stereocenters. The second kappa shape index (κ2) is 13.1. The zero-order chi connectivity index (χ0) is 26.1. The van der Waals surface area contributed by atoms with Gasteiger partial charge in [0.2, 0.25) is 11.8 Å². The molecule has 2 aromatic rings. The van der Waals surface area contributed by atoms with Crippen molar-refractivity contribution in [1.82, 2.24) is 16.0 Å². The topological polar surface area (TPSA) is 137 Å². The van der Waals surface area contributed by atoms with Crippen LogP contribution in [-0.2, 0) is 11.2 Å². The van der Waals surface area contributed by atoms with Crippen LogP contribution in [0.4, 0.5) is 5.69 Å². The van der Waals surface area contributed by atoms with E-state index in [-0.39, 0.29) is 35.0 Å². The Morgan fingerprint density at radius 1 is 1.03 bits per heavy atom. The summed E-state index contributed by atoms with van der Waals surface area (Å²) in [6, 6.07) is 13.0. The number of aliphatic hydroxyl groups is 1. The Hall–Kier alpha value is -3.08. The number of carbonyl (C=O) groups is 3. The molecule has 0 bridgehead atoms. The van der Waals surface area contributed by atoms with Crippen molar-refractivity contribution in [1.29, 1.82) is 0 Å². The van der Waals surface area contributed by atoms with E-state index in [2.05, 4.69) is 28.8 Å². The molecule has 0 aliphatic carbocycles. The molecule has 0 aliphatic rings. The van der Waals surface area contributed by atoms with E-state index in [4.69, 9.17) is 5.73 Å². The number of aliphatic hydroxyl groups excluding tert-OH is 1. The molecule has 6 N–H and O–H groups in total. The van der Waals surface area contributed by atoms with E-state index in [0.717, 1.165) is 5.56 Å². The van der Waals surface area contributed by atoms with Gasteiger partial charge in [0.05, 0.1) is 18.2 Å². The molecule has 0 spiro atoms. The predicted octanol–water partition coefficient (Wildman–Crippen LogP) is 1.27. The van der Waals surface area contributed by atoms with Crippen molar-refractivity contribution in [3.63, 3.8) is 0 Å². The summed E-state index contributed by atoms with van der Waals surface area (Å²) in [5.41, 5.74) is 7.47. The van der Waals surface area contributed by atoms with Gasteiger partial charge in [-0.15, -0.1) is 0 Å². The third-order valence-corrected chi connectivity index (χ3v) is 5.89. The Morgan fingerprint density at radius 3 is 2.23 bits per heavy atom. The summed E-state index contributed by atoms with van der Waals surface area (Å²) >= 11 is 4.25. The van der Waals surface area contributed by atoms with E-state index in [9.17, 15) is 19.5 Å². The number of carbonyl (C=O) groups excluding carboxylic acids is 3. The van der Waals surface area contributed by atoms with Crippen molar-refractivity contribution in [3.05, 3.63) is 65.2 Å². The Balaban J connectivity index is 2.18. The van der Waals surface area contributed by atoms with Gasteiger partial charge in [-0.05, 0) is 51.0 Å². The Kier molecular flexibility index (Phi) is 10.6. The fraction of sp³-hybridized carbons (Fsp3) is 0.400. The minimum Gasteiger partial charge on any atom is -0.391 e. The minimum absolute atomic E-state index is 0.198. The summed E-state index contributed by atoms with van der Waals surface area (Å²) in [5, 5.41) is 18.5. The van der Waals surface area contributed by atoms with Crippen molar-refractivity contribution in [2.45, 2.75) is 51.4 Å². The smallest absolute Gasteiger partial charge is 0.251 e. The maximum absolute atomic E-state index is 13.2. The normalized spacial score (nSPS) is 14.3. The molecule has 4 atom stereocenters. The molecule has 0 radical (unpaired) electrons. The second-order valence-corrected chi connectivity index (χ2v) is 9.28. The maximum Gasteiger partial charge on any atom is 0.251 e. The minimum atomic E-state index is -0.673. The standard InChI is InChI=1S/C25H35N5O4S/c1-15(17(3)31)28-24(33)16(2)27-14-21(10-18-8-6-5-7-9-18)29-25(34)20-11-19(23(26)32)12-22(13-20)30(4)35/h5-9,11-13,15-17,21,27,31,35H,10,14H2,1-4H3,(H2,26,32)(H,28,33)(H,29,34)/t15?,16?,17?,21-/m0/s1. The zero-order valence-electron chi connectivity index (χ0n) is 20.5. The molecule has 2 rings (SSSR count). The second-order valence-electron chi connectivity index (χ2n) is 8.68. The molecule has 0 heterocycles. The first-order valence-corrected chi connectivity index (χ1v) is 11.8. The van der Waals surface area contributed by atoms with Crippen LogP contribution in [0.15, 0.2) is 48.5 Å². The molecular formula is C25H35N5O4S. The van der Waals surface area contributed by atoms with Crippen LogP contribution in [0.3, 0.4) is 0 Å². The predicted molar refractivity (Wildman–Crippen MR) is 140 cm³/mol. The van der Waals surface area contributed by atoms with Gasteiger partial charge < -0.3 is 31.1 Å². The number of benzene rings is 2. The molecule has 0 saturated carbocycles. The Morgan fingerprint density at radius 2 is 1.66 bits per heavy atom. The number of anilines is 1. The highest BCUT2D eigenvalue weighted by Crippen LogP contribution is 2.20. The van der Waals surface area contributed by atoms with Gasteiger partial charge >= 0.3 is 0 Å². The van der Waals surface area contributed by atoms with Crippen molar-refractivity contribution in [2.24, 2.45) is 5.73 Å². The molecular weight excluding hydrogens is 466 g/mol. The Bertz CT molecular complexity index is 1020. The maximum atomic E-state index is 13.2. The Labute approximate surface area is 212 Å². The average molecular weight is 502 g/mol. The SMILES string of the molecule is CC(NC[C@H](Cc1ccccc1)NC(=O)c1cc(C(N)=O)cc(N(C)S)c1)C(=O)NC(C)C(C)O. The lowest BCUT2D eigenvalue weighted by molar-refractivity contribution is -0.124. The number of thiol groups is 1. The van der Waals surface area contributed by atoms with E-state index in [1.165, 1.54) is 10.4 Å². The van der Waals surface area contributed by atoms with Gasteiger partial charge in [0, 0.05) is 36.4 Å². The van der Waals surface area contributed by atoms with Gasteiger partial charge in [-0.25, -0.2) is 0 Å². The number of nitrogens with zero attached hydrogens (tertiary/aromatic N) is 1. The average Bonchev–Trinajstić information content (AvgIpc) is 2.82. The van der Waals surface area contributed by atoms with Crippen molar-refractivity contribution >= 4 is 36.2 Å². The summed E-state index contributed by atoms with van der Waals surface area (Å²) in [4.78, 5) is 37.4. The van der Waals surface area contributed by atoms with Gasteiger partial charge in [0.25, 0.3) is 5.91 Å². The van der Waals surface area contributed by atoms with Crippen LogP contribution in [-0.4, -0.2) is 60.6 Å². The van der Waals surface area contributed by atoms with Crippen molar-refractivity contribution in [3.8, 4) is 0 Å². The molecule has 0 fully saturated rings. The highest BCUT2D eigenvalue weighted by atomic mass is 32.1. The number of hydrogen-bond acceptors (Lipinski definition) is 7. The van der Waals surface area contributed by atoms with E-state index < -0.39 is 18.1 Å². The molecule has 2 aromatic carbocycles. The van der Waals surface area contributed by atoms with Gasteiger partial charge in [-0.3, -0.25) is 14.4 Å². The third-order valence-electron chi connectivity index (χ3n) is 5.66. The fourth-order valence-electron chi connectivity index (χ4n) is 3.29. The zero-order valence-corrected chi connectivity index (χ0v) is 21.4. The van der Waals surface area contributed by atoms with Crippen molar-refractivity contribution < 1.29 is 19.5 Å². The first kappa shape index (κ1) is 28.2. The molecule has 0 aromatic heterocycles. The lowest BCUT2D eigenvalue weighted by atomic mass is 10.0. The molecule has 0 saturated heterocycles. The van der Waals surface area contributed by atoms with Crippen LogP contribution >= 0.6 is 12.8 Å². The summed E-state index contributed by atoms with van der Waals surface area (Å²) in [6.07, 6.45) is -0.152. The van der Waals surface area contributed by atoms with E-state index >= 15 is 0 Å². The monoisotopic (exact) mass is 501 g/mol. The molecule has 0 aliphatic heterocycles. The van der Waals surface area contributed by atoms with E-state index in [0.29, 0.717) is 18.7 Å². The first-order valence-electron chi connectivity index (χ1n) is 11.4. The number of amides is 3. The van der Waals surface area contributed by atoms with Crippen LogP contribution in [0.5, 0.6) is 0 Å². The number of primary amides is 1. The van der Waals surface area contributed by atoms with E-state index in [1.807, 2.05) is 30.3 Å². The number of nitrogens with one attached hydrogen (secondary N) is 3. The highest BCUT2D eigenvalue weighted by Gasteiger charge is 2.21. The largest absolute Gasteiger partial charge is 0.391 e. The third kappa shape index (κ3) is 8.89. The van der Waals surface area contributed by atoms with Crippen LogP contribution in [0.25, 0.3) is 0 Å². The summed E-state index contributed by atoms with van der Waals surface area (Å²) < 4.78 is 1.49. The lowest BCUT2D eigenvalue weighted by Crippen LogP contribution is -2.52. The van der Waals surface area contributed by atoms with Gasteiger partial charge in [0.1, 0.15) is 0 Å². The van der Waals surface area contributed by atoms with Crippen LogP contribution < -0.4 is 26.0 Å². The summed E-state index contributed by atoms with van der Waals surface area (Å²) in [5.74, 6) is -1.28. The van der Waals surface area contributed by atoms with Gasteiger partial charge in [-0.2, -0.15) is 0 Å². The molecule has 3 amide bonds. The van der Waals surface area contributed by atoms with Crippen molar-refractivity contribution in [2.75, 3.05) is 17.9 Å². The molecule has 9 nitrogen and oxygen atoms in total. The van der Waals surface area contributed by atoms with E-state index in [1.54, 1.807) is 40.0 Å². The van der Waals surface area contributed by atoms with Crippen LogP contribution in [0, 0.1) is 0 Å². The summed E-state index contributed by atoms with van der Waals surface area (Å²) in [7, 11) is 1.68. The lowest BCUT2D eigenvalue weighted by Gasteiger charge is -2.24. The van der Waals surface area contributed by atoms with Crippen LogP contribution in [0.1, 0.15) is 47.1 Å². The molecule has 10 heteroatoms.